The molecule has 2 atom stereocenters. The van der Waals surface area contributed by atoms with Gasteiger partial charge in [0.05, 0.1) is 0 Å². The van der Waals surface area contributed by atoms with E-state index in [9.17, 15) is 4.39 Å². The van der Waals surface area contributed by atoms with Gasteiger partial charge in [-0.1, -0.05) is 12.1 Å². The Morgan fingerprint density at radius 1 is 1.35 bits per heavy atom. The first-order valence-electron chi connectivity index (χ1n) is 7.88. The summed E-state index contributed by atoms with van der Waals surface area (Å²) in [5, 5.41) is 3.68. The largest absolute Gasteiger partial charge is 0.312 e. The molecule has 1 heterocycles. The van der Waals surface area contributed by atoms with Crippen molar-refractivity contribution in [2.24, 2.45) is 5.92 Å². The summed E-state index contributed by atoms with van der Waals surface area (Å²) < 4.78 is 13.8. The van der Waals surface area contributed by atoms with Crippen molar-refractivity contribution in [2.75, 3.05) is 19.6 Å². The molecule has 0 radical (unpaired) electrons. The van der Waals surface area contributed by atoms with Crippen LogP contribution in [0.1, 0.15) is 43.4 Å². The number of hydrogen-bond donors (Lipinski definition) is 1. The van der Waals surface area contributed by atoms with Gasteiger partial charge in [-0.05, 0) is 62.8 Å². The summed E-state index contributed by atoms with van der Waals surface area (Å²) in [4.78, 5) is 2.52. The van der Waals surface area contributed by atoms with E-state index in [1.807, 2.05) is 13.0 Å². The fourth-order valence-electron chi connectivity index (χ4n) is 3.22. The minimum Gasteiger partial charge on any atom is -0.312 e. The molecule has 1 saturated heterocycles. The van der Waals surface area contributed by atoms with E-state index in [0.717, 1.165) is 36.7 Å². The van der Waals surface area contributed by atoms with Gasteiger partial charge < -0.3 is 5.32 Å². The monoisotopic (exact) mass is 276 g/mol. The van der Waals surface area contributed by atoms with Gasteiger partial charge in [0.2, 0.25) is 0 Å². The van der Waals surface area contributed by atoms with Crippen LogP contribution in [0.5, 0.6) is 0 Å². The molecule has 2 unspecified atom stereocenters. The number of halogens is 1. The second-order valence-electron chi connectivity index (χ2n) is 6.43. The maximum absolute atomic E-state index is 13.8. The normalized spacial score (nSPS) is 26.2. The number of rotatable bonds is 3. The summed E-state index contributed by atoms with van der Waals surface area (Å²) in [7, 11) is 0. The third-order valence-corrected chi connectivity index (χ3v) is 4.88. The molecule has 1 saturated carbocycles. The third kappa shape index (κ3) is 3.04. The summed E-state index contributed by atoms with van der Waals surface area (Å²) in [6.07, 6.45) is 3.93. The minimum atomic E-state index is -0.0824. The first kappa shape index (κ1) is 14.0. The van der Waals surface area contributed by atoms with Gasteiger partial charge in [-0.2, -0.15) is 0 Å². The lowest BCUT2D eigenvalue weighted by Crippen LogP contribution is -2.40. The lowest BCUT2D eigenvalue weighted by Gasteiger charge is -2.30. The molecule has 3 rings (SSSR count). The highest BCUT2D eigenvalue weighted by Crippen LogP contribution is 2.35. The molecule has 2 nitrogen and oxygen atoms in total. The van der Waals surface area contributed by atoms with Gasteiger partial charge >= 0.3 is 0 Å². The van der Waals surface area contributed by atoms with Gasteiger partial charge in [-0.15, -0.1) is 0 Å². The van der Waals surface area contributed by atoms with E-state index in [1.165, 1.54) is 19.3 Å². The maximum Gasteiger partial charge on any atom is 0.126 e. The van der Waals surface area contributed by atoms with Gasteiger partial charge in [0, 0.05) is 25.2 Å². The Balaban J connectivity index is 1.73. The molecular formula is C17H25FN2. The van der Waals surface area contributed by atoms with Crippen LogP contribution in [0.15, 0.2) is 18.2 Å². The van der Waals surface area contributed by atoms with Gasteiger partial charge in [0.15, 0.2) is 0 Å². The van der Waals surface area contributed by atoms with Crippen LogP contribution in [-0.2, 0) is 0 Å². The van der Waals surface area contributed by atoms with Crippen LogP contribution >= 0.6 is 0 Å². The Labute approximate surface area is 121 Å². The summed E-state index contributed by atoms with van der Waals surface area (Å²) in [5.41, 5.74) is 1.83. The molecule has 2 fully saturated rings. The Kier molecular flexibility index (Phi) is 4.08. The van der Waals surface area contributed by atoms with Crippen LogP contribution in [0.3, 0.4) is 0 Å². The molecule has 1 aromatic carbocycles. The summed E-state index contributed by atoms with van der Waals surface area (Å²) in [6.45, 7) is 7.35. The van der Waals surface area contributed by atoms with Gasteiger partial charge in [0.1, 0.15) is 5.82 Å². The molecule has 0 aromatic heterocycles. The number of aryl methyl sites for hydroxylation is 1. The van der Waals surface area contributed by atoms with Gasteiger partial charge in [-0.3, -0.25) is 4.90 Å². The zero-order valence-corrected chi connectivity index (χ0v) is 12.5. The quantitative estimate of drug-likeness (QED) is 0.911. The van der Waals surface area contributed by atoms with E-state index in [2.05, 4.69) is 23.2 Å². The zero-order chi connectivity index (χ0) is 14.1. The molecular weight excluding hydrogens is 251 g/mol. The highest BCUT2D eigenvalue weighted by molar-refractivity contribution is 5.25. The van der Waals surface area contributed by atoms with Gasteiger partial charge in [0.25, 0.3) is 0 Å². The SMILES string of the molecule is Cc1ccc(C(C)N2CCCNC(C3CC3)C2)cc1F. The van der Waals surface area contributed by atoms with Crippen molar-refractivity contribution < 1.29 is 4.39 Å². The summed E-state index contributed by atoms with van der Waals surface area (Å²) in [5.74, 6) is 0.790. The number of nitrogens with one attached hydrogen (secondary N) is 1. The van der Waals surface area contributed by atoms with Crippen LogP contribution in [-0.4, -0.2) is 30.6 Å². The van der Waals surface area contributed by atoms with Crippen molar-refractivity contribution in [2.45, 2.75) is 45.2 Å². The predicted molar refractivity (Wildman–Crippen MR) is 80.3 cm³/mol. The first-order chi connectivity index (χ1) is 9.65. The second-order valence-corrected chi connectivity index (χ2v) is 6.43. The Morgan fingerprint density at radius 3 is 2.85 bits per heavy atom. The average molecular weight is 276 g/mol. The molecule has 3 heteroatoms. The Bertz CT molecular complexity index is 470. The molecule has 0 amide bonds. The van der Waals surface area contributed by atoms with Crippen LogP contribution in [0, 0.1) is 18.7 Å². The Hall–Kier alpha value is -0.930. The van der Waals surface area contributed by atoms with E-state index in [4.69, 9.17) is 0 Å². The molecule has 1 N–H and O–H groups in total. The summed E-state index contributed by atoms with van der Waals surface area (Å²) in [6, 6.07) is 6.62. The van der Waals surface area contributed by atoms with Crippen molar-refractivity contribution in [3.63, 3.8) is 0 Å². The third-order valence-electron chi connectivity index (χ3n) is 4.88. The molecule has 1 aromatic rings. The highest BCUT2D eigenvalue weighted by atomic mass is 19.1. The van der Waals surface area contributed by atoms with Crippen molar-refractivity contribution in [1.82, 2.24) is 10.2 Å². The number of nitrogens with zero attached hydrogens (tertiary/aromatic N) is 1. The van der Waals surface area contributed by atoms with Crippen LogP contribution in [0.4, 0.5) is 4.39 Å². The molecule has 1 aliphatic heterocycles. The van der Waals surface area contributed by atoms with E-state index >= 15 is 0 Å². The lowest BCUT2D eigenvalue weighted by molar-refractivity contribution is 0.200. The van der Waals surface area contributed by atoms with Crippen LogP contribution in [0.25, 0.3) is 0 Å². The van der Waals surface area contributed by atoms with E-state index in [0.29, 0.717) is 12.1 Å². The fraction of sp³-hybridized carbons (Fsp3) is 0.647. The first-order valence-corrected chi connectivity index (χ1v) is 7.88. The topological polar surface area (TPSA) is 15.3 Å². The van der Waals surface area contributed by atoms with Crippen LogP contribution in [0.2, 0.25) is 0 Å². The van der Waals surface area contributed by atoms with Crippen molar-refractivity contribution in [3.05, 3.63) is 35.1 Å². The minimum absolute atomic E-state index is 0.0824. The number of hydrogen-bond acceptors (Lipinski definition) is 2. The van der Waals surface area contributed by atoms with Crippen molar-refractivity contribution in [3.8, 4) is 0 Å². The molecule has 0 bridgehead atoms. The van der Waals surface area contributed by atoms with E-state index in [1.54, 1.807) is 6.07 Å². The molecule has 2 aliphatic rings. The van der Waals surface area contributed by atoms with E-state index in [-0.39, 0.29) is 5.82 Å². The van der Waals surface area contributed by atoms with E-state index < -0.39 is 0 Å². The van der Waals surface area contributed by atoms with Gasteiger partial charge in [-0.25, -0.2) is 4.39 Å². The molecule has 1 aliphatic carbocycles. The van der Waals surface area contributed by atoms with Crippen molar-refractivity contribution in [1.29, 1.82) is 0 Å². The summed E-state index contributed by atoms with van der Waals surface area (Å²) >= 11 is 0. The maximum atomic E-state index is 13.8. The standard InChI is InChI=1S/C17H25FN2/c1-12-4-5-15(10-16(12)18)13(2)20-9-3-8-19-17(11-20)14-6-7-14/h4-5,10,13-14,17,19H,3,6-9,11H2,1-2H3. The molecule has 110 valence electrons. The lowest BCUT2D eigenvalue weighted by atomic mass is 10.0. The Morgan fingerprint density at radius 2 is 2.15 bits per heavy atom. The smallest absolute Gasteiger partial charge is 0.126 e. The fourth-order valence-corrected chi connectivity index (χ4v) is 3.22. The predicted octanol–water partition coefficient (Wildman–Crippen LogP) is 3.27. The molecule has 20 heavy (non-hydrogen) atoms. The highest BCUT2D eigenvalue weighted by Gasteiger charge is 2.34. The van der Waals surface area contributed by atoms with Crippen LogP contribution < -0.4 is 5.32 Å². The number of benzene rings is 1. The average Bonchev–Trinajstić information content (AvgIpc) is 3.26. The second kappa shape index (κ2) is 5.82. The molecule has 0 spiro atoms. The zero-order valence-electron chi connectivity index (χ0n) is 12.5. The van der Waals surface area contributed by atoms with Crippen molar-refractivity contribution >= 4 is 0 Å².